The van der Waals surface area contributed by atoms with Crippen molar-refractivity contribution in [3.05, 3.63) is 0 Å². The quantitative estimate of drug-likeness (QED) is 0.739. The van der Waals surface area contributed by atoms with E-state index in [1.54, 1.807) is 0 Å². The fourth-order valence-electron chi connectivity index (χ4n) is 1.60. The minimum absolute atomic E-state index is 0.342. The van der Waals surface area contributed by atoms with Crippen LogP contribution in [0.4, 0.5) is 0 Å². The first-order chi connectivity index (χ1) is 6.24. The molecule has 0 spiro atoms. The zero-order valence-corrected chi connectivity index (χ0v) is 9.50. The molecule has 0 saturated carbocycles. The number of carboxylic acid groups (broad SMARTS) is 1. The maximum Gasteiger partial charge on any atom is 0.303 e. The zero-order valence-electron chi connectivity index (χ0n) is 7.86. The van der Waals surface area contributed by atoms with Crippen molar-refractivity contribution in [3.63, 3.8) is 0 Å². The van der Waals surface area contributed by atoms with Gasteiger partial charge >= 0.3 is 5.97 Å². The smallest absolute Gasteiger partial charge is 0.303 e. The van der Waals surface area contributed by atoms with E-state index in [4.69, 9.17) is 5.11 Å². The molecule has 1 heterocycles. The van der Waals surface area contributed by atoms with Gasteiger partial charge < -0.3 is 5.11 Å². The van der Waals surface area contributed by atoms with Crippen molar-refractivity contribution in [3.8, 4) is 0 Å². The van der Waals surface area contributed by atoms with Crippen molar-refractivity contribution in [2.75, 3.05) is 5.75 Å². The molecule has 0 aromatic heterocycles. The number of carboxylic acids is 1. The lowest BCUT2D eigenvalue weighted by Gasteiger charge is -2.27. The van der Waals surface area contributed by atoms with Crippen LogP contribution < -0.4 is 0 Å². The summed E-state index contributed by atoms with van der Waals surface area (Å²) in [4.78, 5) is 10.6. The highest BCUT2D eigenvalue weighted by molar-refractivity contribution is 8.77. The Morgan fingerprint density at radius 1 is 1.69 bits per heavy atom. The van der Waals surface area contributed by atoms with Crippen LogP contribution in [0, 0.1) is 5.92 Å². The number of hydrogen-bond donors (Lipinski definition) is 1. The molecule has 4 heteroatoms. The van der Waals surface area contributed by atoms with E-state index in [-0.39, 0.29) is 0 Å². The molecule has 2 unspecified atom stereocenters. The van der Waals surface area contributed by atoms with Crippen LogP contribution in [-0.4, -0.2) is 22.1 Å². The fraction of sp³-hybridized carbons (Fsp3) is 0.889. The van der Waals surface area contributed by atoms with Gasteiger partial charge in [-0.25, -0.2) is 0 Å². The predicted octanol–water partition coefficient (Wildman–Crippen LogP) is 3.03. The Bertz CT molecular complexity index is 167. The van der Waals surface area contributed by atoms with Crippen LogP contribution in [0.1, 0.15) is 32.6 Å². The summed E-state index contributed by atoms with van der Waals surface area (Å²) in [5.41, 5.74) is 0. The van der Waals surface area contributed by atoms with Crippen LogP contribution in [0.3, 0.4) is 0 Å². The maximum atomic E-state index is 10.6. The maximum absolute atomic E-state index is 10.6. The molecule has 1 fully saturated rings. The summed E-state index contributed by atoms with van der Waals surface area (Å²) in [5, 5.41) is 9.30. The molecule has 0 bridgehead atoms. The standard InChI is InChI=1S/C9H16O2S2/c1-2-7(6-9(10)11)8-4-3-5-12-13-8/h7-8H,2-6H2,1H3,(H,10,11). The van der Waals surface area contributed by atoms with E-state index in [1.807, 2.05) is 21.6 Å². The van der Waals surface area contributed by atoms with Crippen molar-refractivity contribution in [1.29, 1.82) is 0 Å². The van der Waals surface area contributed by atoms with Crippen molar-refractivity contribution < 1.29 is 9.90 Å². The van der Waals surface area contributed by atoms with Gasteiger partial charge in [0.1, 0.15) is 0 Å². The Labute approximate surface area is 87.3 Å². The lowest BCUT2D eigenvalue weighted by Crippen LogP contribution is -2.21. The van der Waals surface area contributed by atoms with Crippen LogP contribution in [0.2, 0.25) is 0 Å². The van der Waals surface area contributed by atoms with Crippen LogP contribution in [0.25, 0.3) is 0 Å². The van der Waals surface area contributed by atoms with E-state index in [0.717, 1.165) is 6.42 Å². The van der Waals surface area contributed by atoms with Crippen molar-refractivity contribution in [1.82, 2.24) is 0 Å². The zero-order chi connectivity index (χ0) is 9.68. The molecule has 0 radical (unpaired) electrons. The largest absolute Gasteiger partial charge is 0.481 e. The van der Waals surface area contributed by atoms with Gasteiger partial charge in [0, 0.05) is 17.4 Å². The molecule has 13 heavy (non-hydrogen) atoms. The van der Waals surface area contributed by atoms with Gasteiger partial charge in [-0.05, 0) is 18.8 Å². The Morgan fingerprint density at radius 3 is 2.92 bits per heavy atom. The highest BCUT2D eigenvalue weighted by Gasteiger charge is 2.25. The first kappa shape index (κ1) is 11.2. The topological polar surface area (TPSA) is 37.3 Å². The van der Waals surface area contributed by atoms with E-state index in [0.29, 0.717) is 17.6 Å². The first-order valence-corrected chi connectivity index (χ1v) is 7.12. The van der Waals surface area contributed by atoms with Crippen molar-refractivity contribution in [2.45, 2.75) is 37.9 Å². The molecule has 2 nitrogen and oxygen atoms in total. The second-order valence-electron chi connectivity index (χ2n) is 3.37. The minimum Gasteiger partial charge on any atom is -0.481 e. The lowest BCUT2D eigenvalue weighted by atomic mass is 9.95. The van der Waals surface area contributed by atoms with Gasteiger partial charge in [-0.3, -0.25) is 4.79 Å². The highest BCUT2D eigenvalue weighted by Crippen LogP contribution is 2.41. The molecular formula is C9H16O2S2. The van der Waals surface area contributed by atoms with Crippen molar-refractivity contribution in [2.24, 2.45) is 5.92 Å². The lowest BCUT2D eigenvalue weighted by molar-refractivity contribution is -0.138. The van der Waals surface area contributed by atoms with Gasteiger partial charge in [0.05, 0.1) is 0 Å². The second-order valence-corrected chi connectivity index (χ2v) is 6.09. The minimum atomic E-state index is -0.650. The third-order valence-electron chi connectivity index (χ3n) is 2.39. The van der Waals surface area contributed by atoms with E-state index in [2.05, 4.69) is 6.92 Å². The number of hydrogen-bond acceptors (Lipinski definition) is 3. The monoisotopic (exact) mass is 220 g/mol. The van der Waals surface area contributed by atoms with Crippen LogP contribution in [-0.2, 0) is 4.79 Å². The second kappa shape index (κ2) is 5.81. The normalized spacial score (nSPS) is 25.5. The molecule has 1 aliphatic rings. The molecule has 76 valence electrons. The Morgan fingerprint density at radius 2 is 2.46 bits per heavy atom. The SMILES string of the molecule is CCC(CC(=O)O)C1CCCSS1. The van der Waals surface area contributed by atoms with Gasteiger partial charge in [-0.2, -0.15) is 0 Å². The summed E-state index contributed by atoms with van der Waals surface area (Å²) in [6, 6.07) is 0. The third kappa shape index (κ3) is 3.81. The molecule has 0 aliphatic carbocycles. The Hall–Kier alpha value is 0.170. The predicted molar refractivity (Wildman–Crippen MR) is 59.1 cm³/mol. The average Bonchev–Trinajstić information content (AvgIpc) is 2.15. The molecular weight excluding hydrogens is 204 g/mol. The van der Waals surface area contributed by atoms with E-state index in [9.17, 15) is 4.79 Å². The average molecular weight is 220 g/mol. The summed E-state index contributed by atoms with van der Waals surface area (Å²) >= 11 is 0. The molecule has 0 amide bonds. The molecule has 0 aromatic rings. The summed E-state index contributed by atoms with van der Waals surface area (Å²) in [6.45, 7) is 2.09. The number of aliphatic carboxylic acids is 1. The van der Waals surface area contributed by atoms with Crippen LogP contribution in [0.5, 0.6) is 0 Å². The summed E-state index contributed by atoms with van der Waals surface area (Å²) in [5.74, 6) is 0.948. The summed E-state index contributed by atoms with van der Waals surface area (Å²) in [7, 11) is 3.79. The number of rotatable bonds is 4. The third-order valence-corrected chi connectivity index (χ3v) is 5.50. The molecule has 0 aromatic carbocycles. The van der Waals surface area contributed by atoms with Gasteiger partial charge in [0.2, 0.25) is 0 Å². The Kier molecular flexibility index (Phi) is 5.02. The van der Waals surface area contributed by atoms with Crippen LogP contribution >= 0.6 is 21.6 Å². The molecule has 1 rings (SSSR count). The van der Waals surface area contributed by atoms with Gasteiger partial charge in [-0.1, -0.05) is 34.9 Å². The molecule has 1 N–H and O–H groups in total. The molecule has 1 aliphatic heterocycles. The fourth-order valence-corrected chi connectivity index (χ4v) is 4.80. The molecule has 1 saturated heterocycles. The summed E-state index contributed by atoms with van der Waals surface area (Å²) < 4.78 is 0. The first-order valence-electron chi connectivity index (χ1n) is 4.74. The number of carbonyl (C=O) groups is 1. The molecule has 2 atom stereocenters. The van der Waals surface area contributed by atoms with E-state index < -0.39 is 5.97 Å². The van der Waals surface area contributed by atoms with Gasteiger partial charge in [0.25, 0.3) is 0 Å². The van der Waals surface area contributed by atoms with Crippen LogP contribution in [0.15, 0.2) is 0 Å². The van der Waals surface area contributed by atoms with E-state index in [1.165, 1.54) is 18.6 Å². The Balaban J connectivity index is 2.39. The van der Waals surface area contributed by atoms with Gasteiger partial charge in [-0.15, -0.1) is 0 Å². The van der Waals surface area contributed by atoms with E-state index >= 15 is 0 Å². The van der Waals surface area contributed by atoms with Gasteiger partial charge in [0.15, 0.2) is 0 Å². The highest BCUT2D eigenvalue weighted by atomic mass is 33.1. The van der Waals surface area contributed by atoms with Crippen molar-refractivity contribution >= 4 is 27.6 Å². The summed E-state index contributed by atoms with van der Waals surface area (Å²) in [6.07, 6.45) is 3.78.